The lowest BCUT2D eigenvalue weighted by molar-refractivity contribution is 0.254. The van der Waals surface area contributed by atoms with Crippen molar-refractivity contribution in [1.29, 1.82) is 0 Å². The van der Waals surface area contributed by atoms with Crippen molar-refractivity contribution in [2.45, 2.75) is 19.9 Å². The number of aryl methyl sites for hydroxylation is 1. The molecule has 1 heterocycles. The number of carbonyl (C=O) groups excluding carboxylic acids is 1. The Morgan fingerprint density at radius 2 is 2.21 bits per heavy atom. The largest absolute Gasteiger partial charge is 0.341 e. The number of hydrogen-bond donors (Lipinski definition) is 2. The highest BCUT2D eigenvalue weighted by atomic mass is 16.2. The minimum absolute atomic E-state index is 0.223. The molecule has 1 aromatic carbocycles. The molecular weight excluding hydrogens is 240 g/mol. The van der Waals surface area contributed by atoms with E-state index in [9.17, 15) is 4.79 Å². The van der Waals surface area contributed by atoms with E-state index in [0.717, 1.165) is 29.8 Å². The Labute approximate surface area is 112 Å². The van der Waals surface area contributed by atoms with E-state index < -0.39 is 0 Å². The predicted octanol–water partition coefficient (Wildman–Crippen LogP) is 2.71. The second kappa shape index (κ2) is 6.04. The third kappa shape index (κ3) is 3.34. The van der Waals surface area contributed by atoms with Crippen LogP contribution in [0.15, 0.2) is 36.7 Å². The van der Waals surface area contributed by atoms with Crippen LogP contribution < -0.4 is 10.6 Å². The maximum atomic E-state index is 11.3. The number of benzene rings is 1. The van der Waals surface area contributed by atoms with Crippen molar-refractivity contribution in [2.24, 2.45) is 0 Å². The highest BCUT2D eigenvalue weighted by Gasteiger charge is 2.04. The summed E-state index contributed by atoms with van der Waals surface area (Å²) < 4.78 is 1.92. The van der Waals surface area contributed by atoms with Gasteiger partial charge in [-0.3, -0.25) is 4.68 Å². The van der Waals surface area contributed by atoms with Gasteiger partial charge >= 0.3 is 6.03 Å². The third-order valence-corrected chi connectivity index (χ3v) is 2.77. The van der Waals surface area contributed by atoms with Crippen LogP contribution in [0.2, 0.25) is 0 Å². The summed E-state index contributed by atoms with van der Waals surface area (Å²) in [5.74, 6) is 0. The van der Waals surface area contributed by atoms with Crippen LogP contribution in [0.25, 0.3) is 11.1 Å². The van der Waals surface area contributed by atoms with Crippen LogP contribution in [-0.2, 0) is 6.54 Å². The van der Waals surface area contributed by atoms with Crippen molar-refractivity contribution in [3.63, 3.8) is 0 Å². The number of carbonyl (C=O) groups is 1. The maximum absolute atomic E-state index is 11.3. The average Bonchev–Trinajstić information content (AvgIpc) is 2.88. The van der Waals surface area contributed by atoms with Crippen molar-refractivity contribution in [2.75, 3.05) is 12.4 Å². The van der Waals surface area contributed by atoms with Gasteiger partial charge in [-0.25, -0.2) is 4.79 Å². The Kier molecular flexibility index (Phi) is 4.18. The van der Waals surface area contributed by atoms with Gasteiger partial charge in [0.25, 0.3) is 0 Å². The number of anilines is 1. The minimum Gasteiger partial charge on any atom is -0.341 e. The molecular formula is C14H18N4O. The first kappa shape index (κ1) is 13.1. The molecule has 0 fully saturated rings. The SMILES string of the molecule is CCCn1cc(-c2cccc(NC(=O)NC)c2)cn1. The van der Waals surface area contributed by atoms with Crippen LogP contribution in [0.4, 0.5) is 10.5 Å². The van der Waals surface area contributed by atoms with Gasteiger partial charge < -0.3 is 10.6 Å². The number of hydrogen-bond acceptors (Lipinski definition) is 2. The zero-order chi connectivity index (χ0) is 13.7. The smallest absolute Gasteiger partial charge is 0.318 e. The lowest BCUT2D eigenvalue weighted by Crippen LogP contribution is -2.24. The summed E-state index contributed by atoms with van der Waals surface area (Å²) in [4.78, 5) is 11.3. The molecule has 2 aromatic rings. The average molecular weight is 258 g/mol. The van der Waals surface area contributed by atoms with Crippen molar-refractivity contribution in [3.05, 3.63) is 36.7 Å². The third-order valence-electron chi connectivity index (χ3n) is 2.77. The molecule has 2 N–H and O–H groups in total. The van der Waals surface area contributed by atoms with Gasteiger partial charge in [0.1, 0.15) is 0 Å². The van der Waals surface area contributed by atoms with Crippen LogP contribution in [0.3, 0.4) is 0 Å². The molecule has 100 valence electrons. The lowest BCUT2D eigenvalue weighted by atomic mass is 10.1. The molecule has 0 bridgehead atoms. The van der Waals surface area contributed by atoms with E-state index in [4.69, 9.17) is 0 Å². The van der Waals surface area contributed by atoms with Gasteiger partial charge in [-0.15, -0.1) is 0 Å². The first-order valence-corrected chi connectivity index (χ1v) is 6.34. The lowest BCUT2D eigenvalue weighted by Gasteiger charge is -2.05. The molecule has 0 aliphatic carbocycles. The van der Waals surface area contributed by atoms with Gasteiger partial charge in [-0.1, -0.05) is 19.1 Å². The van der Waals surface area contributed by atoms with Crippen LogP contribution in [0.1, 0.15) is 13.3 Å². The quantitative estimate of drug-likeness (QED) is 0.885. The normalized spacial score (nSPS) is 10.2. The summed E-state index contributed by atoms with van der Waals surface area (Å²) in [6.07, 6.45) is 4.91. The Hall–Kier alpha value is -2.30. The van der Waals surface area contributed by atoms with Crippen LogP contribution in [0, 0.1) is 0 Å². The molecule has 1 aromatic heterocycles. The molecule has 0 unspecified atom stereocenters. The van der Waals surface area contributed by atoms with Gasteiger partial charge in [0.05, 0.1) is 6.20 Å². The van der Waals surface area contributed by atoms with E-state index in [2.05, 4.69) is 22.7 Å². The maximum Gasteiger partial charge on any atom is 0.318 e. The molecule has 5 nitrogen and oxygen atoms in total. The Bertz CT molecular complexity index is 562. The van der Waals surface area contributed by atoms with Gasteiger partial charge in [0, 0.05) is 31.0 Å². The van der Waals surface area contributed by atoms with E-state index >= 15 is 0 Å². The van der Waals surface area contributed by atoms with Gasteiger partial charge in [0.15, 0.2) is 0 Å². The summed E-state index contributed by atoms with van der Waals surface area (Å²) in [5, 5.41) is 9.59. The monoisotopic (exact) mass is 258 g/mol. The Morgan fingerprint density at radius 3 is 2.95 bits per heavy atom. The molecule has 5 heteroatoms. The summed E-state index contributed by atoms with van der Waals surface area (Å²) in [6.45, 7) is 3.03. The number of nitrogens with one attached hydrogen (secondary N) is 2. The van der Waals surface area contributed by atoms with Crippen LogP contribution >= 0.6 is 0 Å². The molecule has 0 saturated heterocycles. The van der Waals surface area contributed by atoms with Crippen molar-refractivity contribution < 1.29 is 4.79 Å². The van der Waals surface area contributed by atoms with Crippen molar-refractivity contribution >= 4 is 11.7 Å². The standard InChI is InChI=1S/C14H18N4O/c1-3-7-18-10-12(9-16-18)11-5-4-6-13(8-11)17-14(19)15-2/h4-6,8-10H,3,7H2,1-2H3,(H2,15,17,19). The molecule has 0 saturated carbocycles. The van der Waals surface area contributed by atoms with Crippen LogP contribution in [-0.4, -0.2) is 22.9 Å². The fourth-order valence-electron chi connectivity index (χ4n) is 1.83. The number of nitrogens with zero attached hydrogens (tertiary/aromatic N) is 2. The number of urea groups is 1. The fourth-order valence-corrected chi connectivity index (χ4v) is 1.83. The molecule has 2 amide bonds. The van der Waals surface area contributed by atoms with E-state index in [1.807, 2.05) is 41.3 Å². The highest BCUT2D eigenvalue weighted by molar-refractivity contribution is 5.89. The number of amides is 2. The fraction of sp³-hybridized carbons (Fsp3) is 0.286. The van der Waals surface area contributed by atoms with Crippen LogP contribution in [0.5, 0.6) is 0 Å². The van der Waals surface area contributed by atoms with E-state index in [1.165, 1.54) is 0 Å². The zero-order valence-corrected chi connectivity index (χ0v) is 11.2. The summed E-state index contributed by atoms with van der Waals surface area (Å²) in [6, 6.07) is 7.48. The number of rotatable bonds is 4. The second-order valence-electron chi connectivity index (χ2n) is 4.28. The predicted molar refractivity (Wildman–Crippen MR) is 76.0 cm³/mol. The molecule has 0 radical (unpaired) electrons. The van der Waals surface area contributed by atoms with E-state index in [1.54, 1.807) is 7.05 Å². The second-order valence-corrected chi connectivity index (χ2v) is 4.28. The minimum atomic E-state index is -0.223. The van der Waals surface area contributed by atoms with Gasteiger partial charge in [-0.05, 0) is 24.1 Å². The Morgan fingerprint density at radius 1 is 1.37 bits per heavy atom. The van der Waals surface area contributed by atoms with Gasteiger partial charge in [0.2, 0.25) is 0 Å². The molecule has 0 aliphatic rings. The van der Waals surface area contributed by atoms with E-state index in [-0.39, 0.29) is 6.03 Å². The molecule has 0 spiro atoms. The summed E-state index contributed by atoms with van der Waals surface area (Å²) in [5.41, 5.74) is 2.85. The highest BCUT2D eigenvalue weighted by Crippen LogP contribution is 2.22. The van der Waals surface area contributed by atoms with Gasteiger partial charge in [-0.2, -0.15) is 5.10 Å². The topological polar surface area (TPSA) is 59.0 Å². The summed E-state index contributed by atoms with van der Waals surface area (Å²) >= 11 is 0. The first-order valence-electron chi connectivity index (χ1n) is 6.34. The first-order chi connectivity index (χ1) is 9.22. The molecule has 0 atom stereocenters. The molecule has 0 aliphatic heterocycles. The van der Waals surface area contributed by atoms with Crippen molar-refractivity contribution in [3.8, 4) is 11.1 Å². The molecule has 19 heavy (non-hydrogen) atoms. The zero-order valence-electron chi connectivity index (χ0n) is 11.2. The van der Waals surface area contributed by atoms with E-state index in [0.29, 0.717) is 0 Å². The number of aromatic nitrogens is 2. The molecule has 2 rings (SSSR count). The van der Waals surface area contributed by atoms with Crippen molar-refractivity contribution in [1.82, 2.24) is 15.1 Å². The Balaban J connectivity index is 2.19. The summed E-state index contributed by atoms with van der Waals surface area (Å²) in [7, 11) is 1.59.